The van der Waals surface area contributed by atoms with Crippen molar-refractivity contribution in [2.24, 2.45) is 0 Å². The number of anilines is 1. The maximum atomic E-state index is 13.2. The van der Waals surface area contributed by atoms with Gasteiger partial charge in [-0.1, -0.05) is 23.2 Å². The van der Waals surface area contributed by atoms with E-state index < -0.39 is 36.2 Å². The summed E-state index contributed by atoms with van der Waals surface area (Å²) < 4.78 is 23.2. The Morgan fingerprint density at radius 3 is 2.34 bits per heavy atom. The van der Waals surface area contributed by atoms with Crippen molar-refractivity contribution in [2.75, 3.05) is 18.1 Å². The third kappa shape index (κ3) is 5.06. The number of nitrogens with one attached hydrogen (secondary N) is 1. The molecule has 0 atom stereocenters. The molecule has 166 valence electrons. The summed E-state index contributed by atoms with van der Waals surface area (Å²) >= 11 is 12.3. The highest BCUT2D eigenvalue weighted by molar-refractivity contribution is 6.40. The zero-order chi connectivity index (χ0) is 23.4. The standard InChI is InChI=1S/C21H15Cl2FN2O6/c1-2-31-17(27)10-32-18-15(22)8-11(9-16(18)23)7-14-19(28)25-21(30)26(20(14)29)13-5-3-12(24)4-6-13/h3-9H,2,10H2,1H3,(H,25,28,30)/b14-7+. The molecule has 11 heteroatoms. The number of carbonyl (C=O) groups is 4. The molecular formula is C21H15Cl2FN2O6. The monoisotopic (exact) mass is 480 g/mol. The quantitative estimate of drug-likeness (QED) is 0.383. The van der Waals surface area contributed by atoms with E-state index in [0.717, 1.165) is 12.1 Å². The van der Waals surface area contributed by atoms with Crippen molar-refractivity contribution in [1.82, 2.24) is 5.32 Å². The van der Waals surface area contributed by atoms with Gasteiger partial charge < -0.3 is 9.47 Å². The van der Waals surface area contributed by atoms with Crippen molar-refractivity contribution in [2.45, 2.75) is 6.92 Å². The lowest BCUT2D eigenvalue weighted by molar-refractivity contribution is -0.145. The lowest BCUT2D eigenvalue weighted by atomic mass is 10.1. The minimum absolute atomic E-state index is 0.0174. The number of hydrogen-bond acceptors (Lipinski definition) is 6. The number of halogens is 3. The molecule has 32 heavy (non-hydrogen) atoms. The van der Waals surface area contributed by atoms with Gasteiger partial charge in [-0.25, -0.2) is 18.9 Å². The van der Waals surface area contributed by atoms with Gasteiger partial charge in [-0.05, 0) is 55.0 Å². The molecule has 1 aliphatic heterocycles. The smallest absolute Gasteiger partial charge is 0.344 e. The first-order valence-electron chi connectivity index (χ1n) is 9.15. The maximum absolute atomic E-state index is 13.2. The van der Waals surface area contributed by atoms with Crippen molar-refractivity contribution in [3.8, 4) is 5.75 Å². The molecule has 1 saturated heterocycles. The van der Waals surface area contributed by atoms with Crippen LogP contribution in [-0.4, -0.2) is 37.0 Å². The van der Waals surface area contributed by atoms with E-state index in [-0.39, 0.29) is 39.2 Å². The van der Waals surface area contributed by atoms with E-state index in [9.17, 15) is 23.6 Å². The number of amides is 4. The van der Waals surface area contributed by atoms with E-state index in [4.69, 9.17) is 32.7 Å². The molecule has 0 saturated carbocycles. The predicted molar refractivity (Wildman–Crippen MR) is 114 cm³/mol. The van der Waals surface area contributed by atoms with Crippen molar-refractivity contribution >= 4 is 58.8 Å². The number of carbonyl (C=O) groups excluding carboxylic acids is 4. The Labute approximate surface area is 191 Å². The van der Waals surface area contributed by atoms with Crippen LogP contribution in [0.3, 0.4) is 0 Å². The number of rotatable bonds is 6. The number of esters is 1. The Kier molecular flexibility index (Phi) is 7.12. The highest BCUT2D eigenvalue weighted by Gasteiger charge is 2.36. The predicted octanol–water partition coefficient (Wildman–Crippen LogP) is 3.74. The zero-order valence-electron chi connectivity index (χ0n) is 16.5. The molecule has 0 aliphatic carbocycles. The second-order valence-electron chi connectivity index (χ2n) is 6.34. The van der Waals surface area contributed by atoms with Crippen LogP contribution in [0.5, 0.6) is 5.75 Å². The van der Waals surface area contributed by atoms with Gasteiger partial charge >= 0.3 is 12.0 Å². The summed E-state index contributed by atoms with van der Waals surface area (Å²) in [5.74, 6) is -2.99. The molecule has 0 bridgehead atoms. The normalized spacial score (nSPS) is 15.1. The third-order valence-corrected chi connectivity index (χ3v) is 4.72. The highest BCUT2D eigenvalue weighted by atomic mass is 35.5. The molecule has 2 aromatic rings. The first kappa shape index (κ1) is 23.2. The van der Waals surface area contributed by atoms with Crippen LogP contribution in [0, 0.1) is 5.82 Å². The van der Waals surface area contributed by atoms with Gasteiger partial charge in [-0.3, -0.25) is 14.9 Å². The van der Waals surface area contributed by atoms with Gasteiger partial charge in [0, 0.05) is 0 Å². The summed E-state index contributed by atoms with van der Waals surface area (Å²) in [5.41, 5.74) is -0.0391. The fraction of sp³-hybridized carbons (Fsp3) is 0.143. The molecule has 2 aromatic carbocycles. The number of imide groups is 2. The van der Waals surface area contributed by atoms with E-state index >= 15 is 0 Å². The molecule has 3 rings (SSSR count). The summed E-state index contributed by atoms with van der Waals surface area (Å²) in [6.07, 6.45) is 1.19. The van der Waals surface area contributed by atoms with Crippen LogP contribution < -0.4 is 15.0 Å². The SMILES string of the molecule is CCOC(=O)COc1c(Cl)cc(/C=C2\C(=O)NC(=O)N(c3ccc(F)cc3)C2=O)cc1Cl. The maximum Gasteiger partial charge on any atom is 0.344 e. The van der Waals surface area contributed by atoms with Gasteiger partial charge in [0.2, 0.25) is 0 Å². The average Bonchev–Trinajstić information content (AvgIpc) is 2.72. The molecule has 0 spiro atoms. The van der Waals surface area contributed by atoms with Crippen LogP contribution in [0.25, 0.3) is 6.08 Å². The van der Waals surface area contributed by atoms with E-state index in [1.165, 1.54) is 30.3 Å². The van der Waals surface area contributed by atoms with Crippen LogP contribution >= 0.6 is 23.2 Å². The van der Waals surface area contributed by atoms with Gasteiger partial charge in [-0.2, -0.15) is 0 Å². The lowest BCUT2D eigenvalue weighted by Crippen LogP contribution is -2.54. The number of nitrogens with zero attached hydrogens (tertiary/aromatic N) is 1. The molecule has 0 aromatic heterocycles. The van der Waals surface area contributed by atoms with Crippen LogP contribution in [0.15, 0.2) is 42.0 Å². The molecule has 1 N–H and O–H groups in total. The Balaban J connectivity index is 1.89. The van der Waals surface area contributed by atoms with Crippen LogP contribution in [0.4, 0.5) is 14.9 Å². The van der Waals surface area contributed by atoms with Crippen molar-refractivity contribution in [1.29, 1.82) is 0 Å². The number of benzene rings is 2. The number of ether oxygens (including phenoxy) is 2. The summed E-state index contributed by atoms with van der Waals surface area (Å²) in [5, 5.41) is 2.09. The lowest BCUT2D eigenvalue weighted by Gasteiger charge is -2.26. The van der Waals surface area contributed by atoms with E-state index in [0.29, 0.717) is 4.90 Å². The third-order valence-electron chi connectivity index (χ3n) is 4.16. The molecule has 4 amide bonds. The fourth-order valence-electron chi connectivity index (χ4n) is 2.78. The van der Waals surface area contributed by atoms with E-state index in [1.54, 1.807) is 6.92 Å². The van der Waals surface area contributed by atoms with Gasteiger partial charge in [0.1, 0.15) is 11.4 Å². The molecular weight excluding hydrogens is 466 g/mol. The number of hydrogen-bond donors (Lipinski definition) is 1. The van der Waals surface area contributed by atoms with Gasteiger partial charge in [0.25, 0.3) is 11.8 Å². The van der Waals surface area contributed by atoms with Crippen LogP contribution in [-0.2, 0) is 19.1 Å². The van der Waals surface area contributed by atoms with Gasteiger partial charge in [0.05, 0.1) is 22.3 Å². The highest BCUT2D eigenvalue weighted by Crippen LogP contribution is 2.35. The molecule has 1 heterocycles. The van der Waals surface area contributed by atoms with Crippen LogP contribution in [0.2, 0.25) is 10.0 Å². The van der Waals surface area contributed by atoms with E-state index in [2.05, 4.69) is 5.32 Å². The van der Waals surface area contributed by atoms with Gasteiger partial charge in [-0.15, -0.1) is 0 Å². The van der Waals surface area contributed by atoms with Gasteiger partial charge in [0.15, 0.2) is 12.4 Å². The number of barbiturate groups is 1. The van der Waals surface area contributed by atoms with Crippen LogP contribution in [0.1, 0.15) is 12.5 Å². The summed E-state index contributed by atoms with van der Waals surface area (Å²) in [6, 6.07) is 6.35. The summed E-state index contributed by atoms with van der Waals surface area (Å²) in [7, 11) is 0. The largest absolute Gasteiger partial charge is 0.479 e. The topological polar surface area (TPSA) is 102 Å². The molecule has 1 fully saturated rings. The Hall–Kier alpha value is -3.43. The summed E-state index contributed by atoms with van der Waals surface area (Å²) in [6.45, 7) is 1.42. The first-order valence-corrected chi connectivity index (χ1v) is 9.91. The molecule has 1 aliphatic rings. The van der Waals surface area contributed by atoms with Crippen molar-refractivity contribution in [3.63, 3.8) is 0 Å². The molecule has 0 radical (unpaired) electrons. The Bertz CT molecular complexity index is 1110. The zero-order valence-corrected chi connectivity index (χ0v) is 18.0. The minimum atomic E-state index is -0.970. The number of urea groups is 1. The van der Waals surface area contributed by atoms with Crippen molar-refractivity contribution < 1.29 is 33.0 Å². The fourth-order valence-corrected chi connectivity index (χ4v) is 3.40. The van der Waals surface area contributed by atoms with E-state index in [1.807, 2.05) is 0 Å². The molecule has 8 nitrogen and oxygen atoms in total. The minimum Gasteiger partial charge on any atom is -0.479 e. The Morgan fingerprint density at radius 2 is 1.75 bits per heavy atom. The second-order valence-corrected chi connectivity index (χ2v) is 7.16. The second kappa shape index (κ2) is 9.80. The van der Waals surface area contributed by atoms with Crippen molar-refractivity contribution in [3.05, 3.63) is 63.4 Å². The average molecular weight is 481 g/mol. The first-order chi connectivity index (χ1) is 15.2. The summed E-state index contributed by atoms with van der Waals surface area (Å²) in [4.78, 5) is 49.5. The Morgan fingerprint density at radius 1 is 1.12 bits per heavy atom. The molecule has 0 unspecified atom stereocenters.